The van der Waals surface area contributed by atoms with Crippen molar-refractivity contribution in [3.63, 3.8) is 0 Å². The van der Waals surface area contributed by atoms with Crippen LogP contribution in [0.15, 0.2) is 0 Å². The first-order valence-corrected chi connectivity index (χ1v) is 24.1. The number of quaternary nitrogens is 3. The summed E-state index contributed by atoms with van der Waals surface area (Å²) in [7, 11) is 15.4. The molecule has 0 aliphatic rings. The zero-order valence-electron chi connectivity index (χ0n) is 39.1. The molecule has 0 fully saturated rings. The second-order valence-corrected chi connectivity index (χ2v) is 19.8. The minimum Gasteiger partial charge on any atom is -1.00 e. The van der Waals surface area contributed by atoms with Crippen LogP contribution < -0.4 is 12.4 Å². The first-order chi connectivity index (χ1) is 24.7. The van der Waals surface area contributed by atoms with Crippen molar-refractivity contribution in [3.8, 4) is 0 Å². The molecule has 0 N–H and O–H groups in total. The van der Waals surface area contributed by atoms with Gasteiger partial charge in [0.2, 0.25) is 0 Å². The topological polar surface area (TPSA) is 80.3 Å². The minimum absolute atomic E-state index is 0. The molecule has 0 heterocycles. The van der Waals surface area contributed by atoms with E-state index in [1.165, 1.54) is 212 Å². The van der Waals surface area contributed by atoms with Gasteiger partial charge in [-0.25, -0.2) is 0 Å². The summed E-state index contributed by atoms with van der Waals surface area (Å²) in [5, 5.41) is 0. The van der Waals surface area contributed by atoms with E-state index in [2.05, 4.69) is 84.2 Å². The van der Waals surface area contributed by atoms with E-state index in [0.29, 0.717) is 0 Å². The average molecular weight is 817 g/mol. The Kier molecular flexibility index (Phi) is 51.7. The highest BCUT2D eigenvalue weighted by molar-refractivity contribution is 7.79. The quantitative estimate of drug-likeness (QED) is 0.0286. The van der Waals surface area contributed by atoms with Gasteiger partial charge in [-0.15, -0.1) is 0 Å². The molecule has 0 aromatic rings. The molecule has 0 atom stereocenters. The molecule has 0 aliphatic carbocycles. The molecule has 0 aliphatic heterocycles. The van der Waals surface area contributed by atoms with Gasteiger partial charge in [0.25, 0.3) is 0 Å². The van der Waals surface area contributed by atoms with Crippen LogP contribution in [0.4, 0.5) is 0 Å². The highest BCUT2D eigenvalue weighted by atomic mass is 35.5. The fraction of sp³-hybridized carbons (Fsp3) is 1.00. The van der Waals surface area contributed by atoms with Gasteiger partial charge in [0.05, 0.1) is 83.1 Å². The zero-order chi connectivity index (χ0) is 41.3. The molecule has 0 unspecified atom stereocenters. The predicted molar refractivity (Wildman–Crippen MR) is 235 cm³/mol. The molecule has 7 nitrogen and oxygen atoms in total. The summed E-state index contributed by atoms with van der Waals surface area (Å²) in [6.45, 7) is 10.8. The second kappa shape index (κ2) is 44.1. The molecule has 0 radical (unpaired) electrons. The van der Waals surface area contributed by atoms with Crippen molar-refractivity contribution in [1.82, 2.24) is 0 Å². The maximum Gasteiger partial charge on any atom is 0.0780 e. The van der Waals surface area contributed by atoms with Gasteiger partial charge in [-0.05, 0) is 38.5 Å². The third-order valence-electron chi connectivity index (χ3n) is 9.55. The second-order valence-electron chi connectivity index (χ2n) is 19.0. The van der Waals surface area contributed by atoms with Gasteiger partial charge in [0.15, 0.2) is 0 Å². The molecule has 0 aromatic carbocycles. The van der Waals surface area contributed by atoms with Crippen LogP contribution in [-0.2, 0) is 10.4 Å². The maximum absolute atomic E-state index is 8.52. The van der Waals surface area contributed by atoms with Gasteiger partial charge in [-0.3, -0.25) is 8.42 Å². The maximum atomic E-state index is 8.52. The molecule has 0 bridgehead atoms. The van der Waals surface area contributed by atoms with Gasteiger partial charge >= 0.3 is 0 Å². The van der Waals surface area contributed by atoms with E-state index in [1.54, 1.807) is 0 Å². The lowest BCUT2D eigenvalue weighted by molar-refractivity contribution is -0.870. The van der Waals surface area contributed by atoms with Crippen molar-refractivity contribution in [1.29, 1.82) is 0 Å². The van der Waals surface area contributed by atoms with Crippen molar-refractivity contribution in [3.05, 3.63) is 0 Å². The molecule has 0 aromatic heterocycles. The van der Waals surface area contributed by atoms with Crippen LogP contribution in [0.1, 0.15) is 213 Å². The molecule has 9 heteroatoms. The van der Waals surface area contributed by atoms with Gasteiger partial charge in [-0.2, -0.15) is 0 Å². The Bertz CT molecular complexity index is 705. The first-order valence-electron chi connectivity index (χ1n) is 22.8. The van der Waals surface area contributed by atoms with E-state index in [4.69, 9.17) is 17.5 Å². The van der Waals surface area contributed by atoms with Crippen LogP contribution in [0.5, 0.6) is 0 Å². The number of rotatable bonds is 33. The van der Waals surface area contributed by atoms with Crippen molar-refractivity contribution in [2.75, 3.05) is 83.1 Å². The average Bonchev–Trinajstić information content (AvgIpc) is 3.02. The molecule has 54 heavy (non-hydrogen) atoms. The Morgan fingerprint density at radius 3 is 0.519 bits per heavy atom. The fourth-order valence-electron chi connectivity index (χ4n) is 6.22. The summed E-state index contributed by atoms with van der Waals surface area (Å²) >= 11 is 0. The van der Waals surface area contributed by atoms with Crippen LogP contribution in [0.3, 0.4) is 0 Å². The molecule has 0 saturated carbocycles. The SMILES string of the molecule is CCCCCCCCCCCC[N+](C)(C)C.CCCCCCCCCCCC[N+](C)(C)C.CCCCCCCCCCCC[N+](C)(C)C.O=S(=O)([O-])[O-].[Cl-]. The highest BCUT2D eigenvalue weighted by Crippen LogP contribution is 2.13. The Morgan fingerprint density at radius 1 is 0.296 bits per heavy atom. The normalized spacial score (nSPS) is 11.7. The summed E-state index contributed by atoms with van der Waals surface area (Å²) in [6, 6.07) is 0. The third kappa shape index (κ3) is 88.9. The number of unbranched alkanes of at least 4 members (excludes halogenated alkanes) is 27. The van der Waals surface area contributed by atoms with E-state index < -0.39 is 10.4 Å². The van der Waals surface area contributed by atoms with Gasteiger partial charge in [0.1, 0.15) is 0 Å². The lowest BCUT2D eigenvalue weighted by atomic mass is 10.1. The Hall–Kier alpha value is 0.0400. The molecule has 0 rings (SSSR count). The van der Waals surface area contributed by atoms with Gasteiger partial charge in [-0.1, -0.05) is 175 Å². The summed E-state index contributed by atoms with van der Waals surface area (Å²) in [4.78, 5) is 0. The van der Waals surface area contributed by atoms with Crippen molar-refractivity contribution < 1.29 is 43.4 Å². The Labute approximate surface area is 349 Å². The number of hydrogen-bond donors (Lipinski definition) is 0. The molecule has 0 amide bonds. The molecular weight excluding hydrogens is 714 g/mol. The standard InChI is InChI=1S/3C15H34N.ClH.H2O4S/c3*1-5-6-7-8-9-10-11-12-13-14-15-16(2,3)4;;1-5(2,3)4/h3*5-15H2,1-4H3;1H;(H2,1,2,3,4)/q3*+1;;/p-3. The Balaban J connectivity index is -0.000000207. The van der Waals surface area contributed by atoms with E-state index in [9.17, 15) is 0 Å². The number of nitrogens with zero attached hydrogens (tertiary/aromatic N) is 3. The summed E-state index contributed by atoms with van der Waals surface area (Å²) in [6.07, 6.45) is 43.2. The van der Waals surface area contributed by atoms with E-state index >= 15 is 0 Å². The van der Waals surface area contributed by atoms with Crippen molar-refractivity contribution >= 4 is 10.4 Å². The van der Waals surface area contributed by atoms with Crippen LogP contribution in [0.25, 0.3) is 0 Å². The smallest absolute Gasteiger partial charge is 0.0780 e. The van der Waals surface area contributed by atoms with E-state index in [1.807, 2.05) is 0 Å². The Morgan fingerprint density at radius 2 is 0.407 bits per heavy atom. The largest absolute Gasteiger partial charge is 1.00 e. The molecular formula is C45H102ClN3O4S. The van der Waals surface area contributed by atoms with Crippen LogP contribution in [0.2, 0.25) is 0 Å². The number of hydrogen-bond acceptors (Lipinski definition) is 4. The fourth-order valence-corrected chi connectivity index (χ4v) is 6.22. The summed E-state index contributed by atoms with van der Waals surface area (Å²) in [5.74, 6) is 0. The monoisotopic (exact) mass is 816 g/mol. The number of halogens is 1. The van der Waals surface area contributed by atoms with Crippen LogP contribution in [0, 0.1) is 0 Å². The van der Waals surface area contributed by atoms with Crippen LogP contribution >= 0.6 is 0 Å². The summed E-state index contributed by atoms with van der Waals surface area (Å²) < 4.78 is 37.4. The highest BCUT2D eigenvalue weighted by Gasteiger charge is 2.06. The molecule has 334 valence electrons. The lowest BCUT2D eigenvalue weighted by Gasteiger charge is -2.23. The lowest BCUT2D eigenvalue weighted by Crippen LogP contribution is -3.00. The van der Waals surface area contributed by atoms with E-state index in [-0.39, 0.29) is 12.4 Å². The predicted octanol–water partition coefficient (Wildman–Crippen LogP) is 9.51. The summed E-state index contributed by atoms with van der Waals surface area (Å²) in [5.41, 5.74) is 0. The van der Waals surface area contributed by atoms with Crippen molar-refractivity contribution in [2.24, 2.45) is 0 Å². The third-order valence-corrected chi connectivity index (χ3v) is 9.55. The molecule has 0 saturated heterocycles. The van der Waals surface area contributed by atoms with Crippen LogP contribution in [-0.4, -0.2) is 114 Å². The van der Waals surface area contributed by atoms with Crippen molar-refractivity contribution in [2.45, 2.75) is 213 Å². The zero-order valence-corrected chi connectivity index (χ0v) is 40.7. The minimum atomic E-state index is -5.17. The van der Waals surface area contributed by atoms with Gasteiger partial charge < -0.3 is 35.0 Å². The van der Waals surface area contributed by atoms with E-state index in [0.717, 1.165) is 13.4 Å². The van der Waals surface area contributed by atoms with Gasteiger partial charge in [0, 0.05) is 10.4 Å². The first kappa shape index (κ1) is 63.2. The molecule has 0 spiro atoms.